The van der Waals surface area contributed by atoms with Crippen LogP contribution in [-0.2, 0) is 7.05 Å². The first kappa shape index (κ1) is 72.2. The van der Waals surface area contributed by atoms with E-state index < -0.39 is 0 Å². The van der Waals surface area contributed by atoms with Gasteiger partial charge in [0, 0.05) is 51.4 Å². The first-order chi connectivity index (χ1) is 62.6. The Morgan fingerprint density at radius 2 is 0.606 bits per heavy atom. The maximum Gasteiger partial charge on any atom is 0.227 e. The van der Waals surface area contributed by atoms with E-state index in [1.807, 2.05) is 109 Å². The Bertz CT molecular complexity index is 8730. The summed E-state index contributed by atoms with van der Waals surface area (Å²) < 4.78 is 33.8. The van der Waals surface area contributed by atoms with Crippen LogP contribution in [0.1, 0.15) is 16.7 Å². The Balaban J connectivity index is 0.0000000901. The van der Waals surface area contributed by atoms with E-state index in [2.05, 4.69) is 269 Å². The van der Waals surface area contributed by atoms with E-state index in [0.29, 0.717) is 17.7 Å². The molecule has 0 radical (unpaired) electrons. The van der Waals surface area contributed by atoms with Crippen LogP contribution in [0.5, 0.6) is 0 Å². The molecule has 7 aromatic heterocycles. The average Bonchev–Trinajstić information content (AvgIpc) is 1.61. The van der Waals surface area contributed by atoms with Gasteiger partial charge in [-0.15, -0.1) is 11.3 Å². The van der Waals surface area contributed by atoms with Gasteiger partial charge in [0.1, 0.15) is 44.5 Å². The number of nitrogens with zero attached hydrogens (tertiary/aromatic N) is 6. The molecule has 7 heterocycles. The van der Waals surface area contributed by atoms with Crippen molar-refractivity contribution in [2.24, 2.45) is 7.05 Å². The number of furan rings is 2. The molecule has 22 aromatic carbocycles. The second kappa shape index (κ2) is 28.1. The summed E-state index contributed by atoms with van der Waals surface area (Å²) in [7, 11) is 2.12. The fourth-order valence-corrected chi connectivity index (χ4v) is 21.2. The van der Waals surface area contributed by atoms with Crippen LogP contribution in [0.2, 0.25) is 0 Å². The third kappa shape index (κ3) is 11.3. The van der Waals surface area contributed by atoms with Gasteiger partial charge in [-0.2, -0.15) is 0 Å². The van der Waals surface area contributed by atoms with Crippen molar-refractivity contribution in [3.63, 3.8) is 0 Å². The molecule has 0 saturated heterocycles. The van der Waals surface area contributed by atoms with Gasteiger partial charge < -0.3 is 26.7 Å². The van der Waals surface area contributed by atoms with E-state index in [-0.39, 0.29) is 0 Å². The number of para-hydroxylation sites is 10. The molecular weight excluding hydrogens is 1580 g/mol. The molecule has 0 unspecified atom stereocenters. The highest BCUT2D eigenvalue weighted by Crippen LogP contribution is 2.50. The summed E-state index contributed by atoms with van der Waals surface area (Å²) in [5.74, 6) is 4.76. The first-order valence-corrected chi connectivity index (χ1v) is 43.6. The molecule has 0 aliphatic heterocycles. The molecule has 0 amide bonds. The predicted molar refractivity (Wildman–Crippen MR) is 525 cm³/mol. The summed E-state index contributed by atoms with van der Waals surface area (Å²) in [4.78, 5) is 24.2. The molecule has 0 saturated carbocycles. The minimum absolute atomic E-state index is 0.650. The number of fused-ring (bicyclic) bond motifs is 6. The summed E-state index contributed by atoms with van der Waals surface area (Å²) in [6.45, 7) is 6.66. The molecule has 11 nitrogen and oxygen atoms in total. The number of imidazole rings is 1. The number of benzene rings is 22. The van der Waals surface area contributed by atoms with Gasteiger partial charge >= 0.3 is 0 Å². The zero-order chi connectivity index (χ0) is 84.0. The maximum atomic E-state index is 6.25. The van der Waals surface area contributed by atoms with Crippen molar-refractivity contribution in [3.8, 4) is 79.0 Å². The van der Waals surface area contributed by atoms with Crippen molar-refractivity contribution >= 4 is 206 Å². The fourth-order valence-electron chi connectivity index (χ4n) is 20.2. The summed E-state index contributed by atoms with van der Waals surface area (Å²) in [5, 5.41) is 32.1. The van der Waals surface area contributed by atoms with Gasteiger partial charge in [-0.3, -0.25) is 0 Å². The molecule has 0 aliphatic rings. The van der Waals surface area contributed by atoms with Gasteiger partial charge in [0.15, 0.2) is 16.7 Å². The molecule has 0 fully saturated rings. The minimum atomic E-state index is 0.650. The van der Waals surface area contributed by atoms with E-state index >= 15 is 0 Å². The third-order valence-electron chi connectivity index (χ3n) is 26.1. The average molecular weight is 1650 g/mol. The van der Waals surface area contributed by atoms with Crippen LogP contribution >= 0.6 is 11.3 Å². The molecule has 596 valence electrons. The molecule has 29 aromatic rings. The normalized spacial score (nSPS) is 12.1. The fraction of sp³-hybridized carbons (Fsp3) is 0.0348. The van der Waals surface area contributed by atoms with E-state index in [4.69, 9.17) is 47.0 Å². The molecule has 29 rings (SSSR count). The van der Waals surface area contributed by atoms with Crippen molar-refractivity contribution in [3.05, 3.63) is 369 Å². The highest BCUT2D eigenvalue weighted by molar-refractivity contribution is 7.21. The zero-order valence-corrected chi connectivity index (χ0v) is 69.9. The predicted octanol–water partition coefficient (Wildman–Crippen LogP) is 32.2. The van der Waals surface area contributed by atoms with Crippen LogP contribution in [0.4, 0.5) is 0 Å². The number of rotatable bonds is 7. The Morgan fingerprint density at radius 3 is 1.06 bits per heavy atom. The molecule has 0 N–H and O–H groups in total. The van der Waals surface area contributed by atoms with Crippen molar-refractivity contribution in [2.45, 2.75) is 20.8 Å². The SMILES string of the molecule is Cc1cc(C)c2ccc3c(-c4nc5ccccc5n4C)cc(C)c4ccc1c2c43.c1ccc2oc(-c3ccc4ccc5c(-c6nc7ccccc7o6)ccc6ccc3c4c65)cc2c1.c1ccc2oc(-c3ccc4ccc5c(-c6nc7ccccc7s6)ccc6ccc3c4c65)nc2c1.c1coc(-c2ccc3ccc4c(-c5nc6ccccc6o5)ccc5ccc2c3c54)c1. The van der Waals surface area contributed by atoms with Gasteiger partial charge in [0.05, 0.1) is 27.5 Å². The smallest absolute Gasteiger partial charge is 0.227 e. The van der Waals surface area contributed by atoms with Crippen LogP contribution in [0.3, 0.4) is 0 Å². The summed E-state index contributed by atoms with van der Waals surface area (Å²) in [5.41, 5.74) is 20.8. The van der Waals surface area contributed by atoms with Gasteiger partial charge in [-0.25, -0.2) is 24.9 Å². The quantitative estimate of drug-likeness (QED) is 0.142. The van der Waals surface area contributed by atoms with E-state index in [9.17, 15) is 0 Å². The minimum Gasteiger partial charge on any atom is -0.464 e. The molecule has 0 spiro atoms. The van der Waals surface area contributed by atoms with Gasteiger partial charge in [0.2, 0.25) is 17.7 Å². The van der Waals surface area contributed by atoms with Crippen LogP contribution in [0, 0.1) is 20.8 Å². The lowest BCUT2D eigenvalue weighted by Crippen LogP contribution is -1.96. The topological polar surface area (TPSA) is 135 Å². The highest BCUT2D eigenvalue weighted by Gasteiger charge is 2.26. The Hall–Kier alpha value is -16.4. The molecule has 0 atom stereocenters. The number of hydrogen-bond acceptors (Lipinski definition) is 11. The molecule has 0 aliphatic carbocycles. The zero-order valence-electron chi connectivity index (χ0n) is 69.1. The van der Waals surface area contributed by atoms with E-state index in [1.54, 1.807) is 17.6 Å². The lowest BCUT2D eigenvalue weighted by atomic mass is 9.87. The van der Waals surface area contributed by atoms with Crippen molar-refractivity contribution in [1.29, 1.82) is 0 Å². The van der Waals surface area contributed by atoms with Crippen LogP contribution in [-0.4, -0.2) is 29.5 Å². The largest absolute Gasteiger partial charge is 0.464 e. The Kier molecular flexibility index (Phi) is 16.0. The van der Waals surface area contributed by atoms with E-state index in [1.165, 1.54) is 146 Å². The second-order valence-corrected chi connectivity index (χ2v) is 34.4. The number of aromatic nitrogens is 6. The molecule has 12 heteroatoms. The number of aryl methyl sites for hydroxylation is 4. The van der Waals surface area contributed by atoms with Crippen LogP contribution < -0.4 is 0 Å². The summed E-state index contributed by atoms with van der Waals surface area (Å²) in [6.07, 6.45) is 1.72. The third-order valence-corrected chi connectivity index (χ3v) is 27.2. The van der Waals surface area contributed by atoms with Crippen LogP contribution in [0.25, 0.3) is 274 Å². The standard InChI is InChI=1S/C31H17NO2.C30H16N2OS.C27H22N2.C27H15NO2/c1-3-7-26-20(5-1)17-28(33-26)21-13-9-18-11-15-23-24(31-32-25-6-2-4-8-27(25)34-31)16-12-19-10-14-22(21)29(18)30(19)23;1-3-7-25-23(5-1)31-29(33-25)21-15-11-17-10-14-20-22(30-32-24-6-2-4-8-26(24)34-30)16-12-18-9-13-19(21)27(17)28(18)20;1-15-13-16(2)19-11-12-21-22(27-28-23-7-5-6-8-24(23)29(27)4)14-17(3)20-10-9-18(15)25(19)26(20)21;1-2-5-24-22(4-1)28-27(30-24)21-14-10-17-8-12-19-18(23-6-3-15-29-23)11-7-16-9-13-20(21)26(17)25(16)19/h1-17H;1-16H;5-14H,1-4H3;1-15H. The molecule has 127 heavy (non-hydrogen) atoms. The Labute approximate surface area is 728 Å². The van der Waals surface area contributed by atoms with Crippen molar-refractivity contribution < 1.29 is 22.1 Å². The molecule has 0 bridgehead atoms. The molecular formula is C115H70N6O5S. The number of oxazole rings is 3. The highest BCUT2D eigenvalue weighted by atomic mass is 32.1. The van der Waals surface area contributed by atoms with Gasteiger partial charge in [-0.1, -0.05) is 224 Å². The monoisotopic (exact) mass is 1650 g/mol. The van der Waals surface area contributed by atoms with Gasteiger partial charge in [-0.05, 0) is 288 Å². The van der Waals surface area contributed by atoms with E-state index in [0.717, 1.165) is 127 Å². The summed E-state index contributed by atoms with van der Waals surface area (Å²) >= 11 is 1.75. The Morgan fingerprint density at radius 1 is 0.244 bits per heavy atom. The maximum absolute atomic E-state index is 6.25. The van der Waals surface area contributed by atoms with Crippen LogP contribution in [0.15, 0.2) is 374 Å². The lowest BCUT2D eigenvalue weighted by Gasteiger charge is -2.18. The number of hydrogen-bond donors (Lipinski definition) is 0. The lowest BCUT2D eigenvalue weighted by molar-refractivity contribution is 0.583. The first-order valence-electron chi connectivity index (χ1n) is 42.8. The van der Waals surface area contributed by atoms with Crippen molar-refractivity contribution in [1.82, 2.24) is 29.5 Å². The second-order valence-electron chi connectivity index (χ2n) is 33.3. The summed E-state index contributed by atoms with van der Waals surface area (Å²) in [6, 6.07) is 121. The van der Waals surface area contributed by atoms with Crippen molar-refractivity contribution in [2.75, 3.05) is 0 Å². The van der Waals surface area contributed by atoms with Gasteiger partial charge in [0.25, 0.3) is 0 Å². The number of thiazole rings is 1.